The van der Waals surface area contributed by atoms with Crippen LogP contribution < -0.4 is 4.74 Å². The molecule has 0 saturated heterocycles. The molecule has 116 valence electrons. The Morgan fingerprint density at radius 1 is 1.45 bits per heavy atom. The smallest absolute Gasteiger partial charge is 0.276 e. The van der Waals surface area contributed by atoms with E-state index in [1.807, 2.05) is 24.0 Å². The SMILES string of the molecule is COc1ccc2c(c1)[C@@H](C)N(C(=O)c1nn(C)cc1Cl)CC2. The highest BCUT2D eigenvalue weighted by molar-refractivity contribution is 6.33. The van der Waals surface area contributed by atoms with Crippen LogP contribution in [0.1, 0.15) is 34.6 Å². The molecule has 1 aromatic heterocycles. The molecular formula is C16H18ClN3O2. The maximum Gasteiger partial charge on any atom is 0.276 e. The first-order valence-corrected chi connectivity index (χ1v) is 7.56. The molecule has 1 aliphatic rings. The van der Waals surface area contributed by atoms with E-state index in [2.05, 4.69) is 11.2 Å². The number of hydrogen-bond donors (Lipinski definition) is 0. The first-order chi connectivity index (χ1) is 10.5. The molecule has 0 N–H and O–H groups in total. The van der Waals surface area contributed by atoms with E-state index in [9.17, 15) is 4.79 Å². The van der Waals surface area contributed by atoms with Crippen LogP contribution in [0, 0.1) is 0 Å². The van der Waals surface area contributed by atoms with Gasteiger partial charge < -0.3 is 9.64 Å². The van der Waals surface area contributed by atoms with Crippen molar-refractivity contribution in [2.45, 2.75) is 19.4 Å². The molecule has 1 aliphatic heterocycles. The Morgan fingerprint density at radius 2 is 2.23 bits per heavy atom. The highest BCUT2D eigenvalue weighted by Crippen LogP contribution is 2.33. The lowest BCUT2D eigenvalue weighted by atomic mass is 9.93. The molecule has 0 aliphatic carbocycles. The lowest BCUT2D eigenvalue weighted by Crippen LogP contribution is -2.39. The van der Waals surface area contributed by atoms with E-state index in [1.54, 1.807) is 25.0 Å². The van der Waals surface area contributed by atoms with E-state index in [4.69, 9.17) is 16.3 Å². The summed E-state index contributed by atoms with van der Waals surface area (Å²) in [5.41, 5.74) is 2.68. The summed E-state index contributed by atoms with van der Waals surface area (Å²) in [5.74, 6) is 0.669. The van der Waals surface area contributed by atoms with E-state index in [0.717, 1.165) is 17.7 Å². The van der Waals surface area contributed by atoms with Gasteiger partial charge in [-0.1, -0.05) is 17.7 Å². The zero-order chi connectivity index (χ0) is 15.9. The largest absolute Gasteiger partial charge is 0.497 e. The number of nitrogens with zero attached hydrogens (tertiary/aromatic N) is 3. The van der Waals surface area contributed by atoms with Crippen molar-refractivity contribution in [3.8, 4) is 5.75 Å². The zero-order valence-corrected chi connectivity index (χ0v) is 13.6. The van der Waals surface area contributed by atoms with Crippen LogP contribution in [0.25, 0.3) is 0 Å². The number of aromatic nitrogens is 2. The van der Waals surface area contributed by atoms with Gasteiger partial charge in [-0.15, -0.1) is 0 Å². The summed E-state index contributed by atoms with van der Waals surface area (Å²) in [6.07, 6.45) is 2.46. The summed E-state index contributed by atoms with van der Waals surface area (Å²) in [5, 5.41) is 4.56. The second-order valence-electron chi connectivity index (χ2n) is 5.49. The average molecular weight is 320 g/mol. The van der Waals surface area contributed by atoms with Gasteiger partial charge in [0.2, 0.25) is 0 Å². The molecular weight excluding hydrogens is 302 g/mol. The molecule has 6 heteroatoms. The van der Waals surface area contributed by atoms with Crippen molar-refractivity contribution in [2.75, 3.05) is 13.7 Å². The fourth-order valence-corrected chi connectivity index (χ4v) is 3.20. The minimum Gasteiger partial charge on any atom is -0.497 e. The summed E-state index contributed by atoms with van der Waals surface area (Å²) in [6, 6.07) is 5.99. The summed E-state index contributed by atoms with van der Waals surface area (Å²) in [7, 11) is 3.40. The highest BCUT2D eigenvalue weighted by Gasteiger charge is 2.31. The molecule has 1 amide bonds. The number of methoxy groups -OCH3 is 1. The Balaban J connectivity index is 1.93. The van der Waals surface area contributed by atoms with Crippen molar-refractivity contribution in [3.63, 3.8) is 0 Å². The van der Waals surface area contributed by atoms with Crippen LogP contribution in [0.4, 0.5) is 0 Å². The zero-order valence-electron chi connectivity index (χ0n) is 12.8. The maximum absolute atomic E-state index is 12.7. The predicted octanol–water partition coefficient (Wildman–Crippen LogP) is 2.84. The third kappa shape index (κ3) is 2.46. The minimum atomic E-state index is -0.133. The molecule has 1 aromatic carbocycles. The normalized spacial score (nSPS) is 17.3. The van der Waals surface area contributed by atoms with Gasteiger partial charge in [-0.25, -0.2) is 0 Å². The molecule has 0 bridgehead atoms. The molecule has 22 heavy (non-hydrogen) atoms. The monoisotopic (exact) mass is 319 g/mol. The number of halogens is 1. The fourth-order valence-electron chi connectivity index (χ4n) is 2.94. The number of hydrogen-bond acceptors (Lipinski definition) is 3. The molecule has 0 radical (unpaired) electrons. The topological polar surface area (TPSA) is 47.4 Å². The first-order valence-electron chi connectivity index (χ1n) is 7.18. The highest BCUT2D eigenvalue weighted by atomic mass is 35.5. The third-order valence-electron chi connectivity index (χ3n) is 4.14. The van der Waals surface area contributed by atoms with Crippen molar-refractivity contribution in [2.24, 2.45) is 7.05 Å². The van der Waals surface area contributed by atoms with Crippen molar-refractivity contribution in [3.05, 3.63) is 46.2 Å². The summed E-state index contributed by atoms with van der Waals surface area (Å²) in [6.45, 7) is 2.68. The third-order valence-corrected chi connectivity index (χ3v) is 4.42. The molecule has 1 atom stereocenters. The number of amides is 1. The lowest BCUT2D eigenvalue weighted by molar-refractivity contribution is 0.0670. The van der Waals surface area contributed by atoms with Crippen LogP contribution in [-0.2, 0) is 13.5 Å². The number of benzene rings is 1. The molecule has 5 nitrogen and oxygen atoms in total. The van der Waals surface area contributed by atoms with Crippen LogP contribution in [-0.4, -0.2) is 34.2 Å². The van der Waals surface area contributed by atoms with Crippen LogP contribution in [0.2, 0.25) is 5.02 Å². The maximum atomic E-state index is 12.7. The van der Waals surface area contributed by atoms with Gasteiger partial charge in [0.1, 0.15) is 5.75 Å². The summed E-state index contributed by atoms with van der Waals surface area (Å²) < 4.78 is 6.85. The van der Waals surface area contributed by atoms with Crippen molar-refractivity contribution < 1.29 is 9.53 Å². The molecule has 0 spiro atoms. The van der Waals surface area contributed by atoms with Crippen LogP contribution in [0.5, 0.6) is 5.75 Å². The Bertz CT molecular complexity index is 726. The van der Waals surface area contributed by atoms with Gasteiger partial charge in [0.15, 0.2) is 5.69 Å². The number of fused-ring (bicyclic) bond motifs is 1. The fraction of sp³-hybridized carbons (Fsp3) is 0.375. The Labute approximate surface area is 134 Å². The van der Waals surface area contributed by atoms with Gasteiger partial charge in [-0.05, 0) is 36.6 Å². The van der Waals surface area contributed by atoms with Crippen molar-refractivity contribution >= 4 is 17.5 Å². The van der Waals surface area contributed by atoms with Crippen LogP contribution in [0.15, 0.2) is 24.4 Å². The molecule has 2 heterocycles. The number of carbonyl (C=O) groups excluding carboxylic acids is 1. The summed E-state index contributed by atoms with van der Waals surface area (Å²) in [4.78, 5) is 14.6. The standard InChI is InChI=1S/C16H18ClN3O2/c1-10-13-8-12(22-3)5-4-11(13)6-7-20(10)16(21)15-14(17)9-19(2)18-15/h4-5,8-10H,6-7H2,1-3H3/t10-/m1/s1. The van der Waals surface area contributed by atoms with Gasteiger partial charge in [-0.2, -0.15) is 5.10 Å². The van der Waals surface area contributed by atoms with Gasteiger partial charge in [0.05, 0.1) is 18.2 Å². The molecule has 0 fully saturated rings. The number of rotatable bonds is 2. The second-order valence-corrected chi connectivity index (χ2v) is 5.90. The summed E-state index contributed by atoms with van der Waals surface area (Å²) >= 11 is 6.10. The Kier molecular flexibility index (Phi) is 3.83. The van der Waals surface area contributed by atoms with Gasteiger partial charge >= 0.3 is 0 Å². The van der Waals surface area contributed by atoms with E-state index < -0.39 is 0 Å². The lowest BCUT2D eigenvalue weighted by Gasteiger charge is -2.35. The second kappa shape index (κ2) is 5.65. The number of ether oxygens (including phenoxy) is 1. The molecule has 3 rings (SSSR count). The average Bonchev–Trinajstić information content (AvgIpc) is 2.85. The first kappa shape index (κ1) is 14.9. The van der Waals surface area contributed by atoms with Gasteiger partial charge in [0, 0.05) is 19.8 Å². The number of aryl methyl sites for hydroxylation is 1. The van der Waals surface area contributed by atoms with E-state index in [0.29, 0.717) is 17.3 Å². The van der Waals surface area contributed by atoms with Crippen LogP contribution >= 0.6 is 11.6 Å². The minimum absolute atomic E-state index is 0.0376. The quantitative estimate of drug-likeness (QED) is 0.855. The van der Waals surface area contributed by atoms with E-state index in [1.165, 1.54) is 5.56 Å². The van der Waals surface area contributed by atoms with E-state index in [-0.39, 0.29) is 11.9 Å². The van der Waals surface area contributed by atoms with Crippen molar-refractivity contribution in [1.82, 2.24) is 14.7 Å². The van der Waals surface area contributed by atoms with Crippen molar-refractivity contribution in [1.29, 1.82) is 0 Å². The molecule has 0 saturated carbocycles. The van der Waals surface area contributed by atoms with Crippen LogP contribution in [0.3, 0.4) is 0 Å². The van der Waals surface area contributed by atoms with E-state index >= 15 is 0 Å². The Morgan fingerprint density at radius 3 is 2.86 bits per heavy atom. The number of carbonyl (C=O) groups is 1. The predicted molar refractivity (Wildman–Crippen MR) is 84.4 cm³/mol. The molecule has 2 aromatic rings. The van der Waals surface area contributed by atoms with Gasteiger partial charge in [-0.3, -0.25) is 9.48 Å². The molecule has 0 unspecified atom stereocenters. The Hall–Kier alpha value is -2.01. The van der Waals surface area contributed by atoms with Gasteiger partial charge in [0.25, 0.3) is 5.91 Å².